The number of carbonyl (C=O) groups excluding carboxylic acids is 2. The van der Waals surface area contributed by atoms with Crippen LogP contribution in [0.1, 0.15) is 47.6 Å². The van der Waals surface area contributed by atoms with Gasteiger partial charge in [-0.1, -0.05) is 103 Å². The molecular weight excluding hydrogens is 618 g/mol. The molecule has 0 unspecified atom stereocenters. The van der Waals surface area contributed by atoms with Crippen molar-refractivity contribution in [2.24, 2.45) is 0 Å². The van der Waals surface area contributed by atoms with E-state index in [1.807, 2.05) is 59.2 Å². The fraction of sp³-hybridized carbons (Fsp3) is 0.109. The summed E-state index contributed by atoms with van der Waals surface area (Å²) in [6, 6.07) is 47.9. The number of allylic oxidation sites excluding steroid dienone is 2. The quantitative estimate of drug-likeness (QED) is 0.127. The number of Topliss-reactive ketones (excluding diaryl/α,β-unsaturated/α-hetero) is 2. The molecular formula is C46H35FNO2+. The Balaban J connectivity index is 1.45. The molecule has 1 aliphatic carbocycles. The van der Waals surface area contributed by atoms with Gasteiger partial charge in [-0.15, -0.1) is 0 Å². The number of rotatable bonds is 7. The van der Waals surface area contributed by atoms with E-state index in [2.05, 4.69) is 66.7 Å². The van der Waals surface area contributed by atoms with E-state index in [0.717, 1.165) is 66.9 Å². The molecule has 0 N–H and O–H groups in total. The maximum atomic E-state index is 14.3. The molecule has 0 radical (unpaired) electrons. The first-order valence-corrected chi connectivity index (χ1v) is 17.0. The molecule has 242 valence electrons. The van der Waals surface area contributed by atoms with Crippen LogP contribution in [-0.2, 0) is 16.0 Å². The summed E-state index contributed by atoms with van der Waals surface area (Å²) in [6.45, 7) is 3.63. The second-order valence-corrected chi connectivity index (χ2v) is 13.1. The topological polar surface area (TPSA) is 37.1 Å². The van der Waals surface area contributed by atoms with Crippen LogP contribution in [0.4, 0.5) is 4.39 Å². The number of benzene rings is 6. The zero-order valence-electron chi connectivity index (χ0n) is 28.0. The molecule has 0 saturated heterocycles. The molecule has 6 aromatic carbocycles. The molecule has 3 nitrogen and oxygen atoms in total. The van der Waals surface area contributed by atoms with Gasteiger partial charge >= 0.3 is 0 Å². The fourth-order valence-corrected chi connectivity index (χ4v) is 7.83. The van der Waals surface area contributed by atoms with E-state index in [1.165, 1.54) is 12.1 Å². The number of fused-ring (bicyclic) bond motifs is 4. The molecule has 0 spiro atoms. The van der Waals surface area contributed by atoms with Crippen molar-refractivity contribution in [3.05, 3.63) is 190 Å². The zero-order chi connectivity index (χ0) is 34.4. The van der Waals surface area contributed by atoms with Crippen molar-refractivity contribution in [3.63, 3.8) is 0 Å². The van der Waals surface area contributed by atoms with Crippen molar-refractivity contribution in [2.45, 2.75) is 26.2 Å². The molecule has 2 aliphatic rings. The minimum Gasteiger partial charge on any atom is -0.295 e. The predicted octanol–water partition coefficient (Wildman–Crippen LogP) is 9.81. The second-order valence-electron chi connectivity index (χ2n) is 13.1. The number of halogens is 1. The van der Waals surface area contributed by atoms with Crippen molar-refractivity contribution in [2.75, 3.05) is 6.54 Å². The smallest absolute Gasteiger partial charge is 0.256 e. The van der Waals surface area contributed by atoms with Crippen LogP contribution in [0.3, 0.4) is 0 Å². The fourth-order valence-electron chi connectivity index (χ4n) is 7.83. The summed E-state index contributed by atoms with van der Waals surface area (Å²) in [5.74, 6) is -1.18. The average Bonchev–Trinajstić information content (AvgIpc) is 3.46. The van der Waals surface area contributed by atoms with Crippen LogP contribution >= 0.6 is 0 Å². The zero-order valence-corrected chi connectivity index (χ0v) is 28.0. The molecule has 1 aliphatic heterocycles. The first kappa shape index (κ1) is 31.3. The largest absolute Gasteiger partial charge is 0.295 e. The van der Waals surface area contributed by atoms with Gasteiger partial charge in [0.1, 0.15) is 5.82 Å². The molecule has 6 aromatic rings. The van der Waals surface area contributed by atoms with Crippen LogP contribution in [0.15, 0.2) is 157 Å². The van der Waals surface area contributed by atoms with E-state index in [1.54, 1.807) is 26.0 Å². The highest BCUT2D eigenvalue weighted by Gasteiger charge is 2.42. The molecule has 50 heavy (non-hydrogen) atoms. The van der Waals surface area contributed by atoms with Crippen LogP contribution in [-0.4, -0.2) is 28.4 Å². The Kier molecular flexibility index (Phi) is 8.00. The van der Waals surface area contributed by atoms with Crippen molar-refractivity contribution in [3.8, 4) is 33.4 Å². The van der Waals surface area contributed by atoms with Gasteiger partial charge in [-0.05, 0) is 99.5 Å². The molecule has 8 rings (SSSR count). The normalized spacial score (nSPS) is 14.1. The van der Waals surface area contributed by atoms with Crippen LogP contribution in [0.25, 0.3) is 33.4 Å². The average molecular weight is 653 g/mol. The van der Waals surface area contributed by atoms with Gasteiger partial charge in [0.05, 0.1) is 11.1 Å². The van der Waals surface area contributed by atoms with E-state index in [-0.39, 0.29) is 17.4 Å². The molecule has 0 fully saturated rings. The minimum absolute atomic E-state index is 0.161. The van der Waals surface area contributed by atoms with Crippen molar-refractivity contribution in [1.82, 2.24) is 0 Å². The van der Waals surface area contributed by atoms with Gasteiger partial charge in [-0.3, -0.25) is 9.59 Å². The Labute approximate surface area is 291 Å². The van der Waals surface area contributed by atoms with E-state index < -0.39 is 5.92 Å². The Morgan fingerprint density at radius 1 is 0.560 bits per heavy atom. The minimum atomic E-state index is -0.490. The lowest BCUT2D eigenvalue weighted by Crippen LogP contribution is -2.34. The first-order chi connectivity index (χ1) is 24.4. The predicted molar refractivity (Wildman–Crippen MR) is 198 cm³/mol. The highest BCUT2D eigenvalue weighted by Crippen LogP contribution is 2.51. The lowest BCUT2D eigenvalue weighted by atomic mass is 9.82. The summed E-state index contributed by atoms with van der Waals surface area (Å²) in [7, 11) is 0. The van der Waals surface area contributed by atoms with Gasteiger partial charge in [0.25, 0.3) is 5.70 Å². The van der Waals surface area contributed by atoms with Crippen molar-refractivity contribution >= 4 is 17.3 Å². The monoisotopic (exact) mass is 652 g/mol. The molecule has 1 heterocycles. The Morgan fingerprint density at radius 3 is 1.62 bits per heavy atom. The summed E-state index contributed by atoms with van der Waals surface area (Å²) in [6.07, 6.45) is 0.691. The molecule has 0 bridgehead atoms. The first-order valence-electron chi connectivity index (χ1n) is 17.0. The van der Waals surface area contributed by atoms with E-state index >= 15 is 0 Å². The van der Waals surface area contributed by atoms with Gasteiger partial charge in [-0.25, -0.2) is 4.39 Å². The second kappa shape index (κ2) is 12.8. The summed E-state index contributed by atoms with van der Waals surface area (Å²) < 4.78 is 16.3. The summed E-state index contributed by atoms with van der Waals surface area (Å²) in [4.78, 5) is 28.5. The van der Waals surface area contributed by atoms with E-state index in [4.69, 9.17) is 0 Å². The molecule has 0 saturated carbocycles. The van der Waals surface area contributed by atoms with Crippen LogP contribution < -0.4 is 0 Å². The number of nitrogens with zero attached hydrogens (tertiary/aromatic N) is 1. The van der Waals surface area contributed by atoms with E-state index in [0.29, 0.717) is 24.2 Å². The van der Waals surface area contributed by atoms with Crippen molar-refractivity contribution in [1.29, 1.82) is 0 Å². The van der Waals surface area contributed by atoms with Gasteiger partial charge in [0.2, 0.25) is 11.5 Å². The molecule has 0 aromatic heterocycles. The Bertz CT molecular complexity index is 2280. The molecule has 4 heteroatoms. The van der Waals surface area contributed by atoms with Crippen LogP contribution in [0, 0.1) is 5.82 Å². The maximum Gasteiger partial charge on any atom is 0.256 e. The highest BCUT2D eigenvalue weighted by atomic mass is 19.1. The SMILES string of the molecule is CC(=O)/C(=C(/C(C)=O)[N+]1=C(c2ccc(F)cc2)c2ccccc2CC1)C1c2cc(-c3ccccc3)ccc2-c2ccc(-c3ccccc3)cc21. The van der Waals surface area contributed by atoms with Crippen LogP contribution in [0.2, 0.25) is 0 Å². The summed E-state index contributed by atoms with van der Waals surface area (Å²) in [5.41, 5.74) is 12.9. The molecule has 0 atom stereocenters. The number of hydrogen-bond donors (Lipinski definition) is 0. The number of ketones is 2. The van der Waals surface area contributed by atoms with Gasteiger partial charge in [0, 0.05) is 24.8 Å². The number of hydrogen-bond acceptors (Lipinski definition) is 2. The van der Waals surface area contributed by atoms with Gasteiger partial charge < -0.3 is 0 Å². The summed E-state index contributed by atoms with van der Waals surface area (Å²) >= 11 is 0. The maximum absolute atomic E-state index is 14.3. The van der Waals surface area contributed by atoms with Gasteiger partial charge in [0.15, 0.2) is 12.3 Å². The summed E-state index contributed by atoms with van der Waals surface area (Å²) in [5, 5.41) is 0. The highest BCUT2D eigenvalue weighted by molar-refractivity contribution is 6.13. The lowest BCUT2D eigenvalue weighted by molar-refractivity contribution is -0.472. The van der Waals surface area contributed by atoms with Gasteiger partial charge in [-0.2, -0.15) is 4.58 Å². The number of carbonyl (C=O) groups is 2. The third kappa shape index (κ3) is 5.43. The standard InChI is InChI=1S/C46H35FNO2/c1-29(49)43(45(30(2)50)48-26-25-33-15-9-10-16-38(33)46(48)34-17-21-37(47)22-18-34)44-41-27-35(31-11-5-3-6-12-31)19-23-39(41)40-24-20-36(28-42(40)44)32-13-7-4-8-14-32/h3-24,27-28,44H,25-26H2,1-2H3/q+1/b45-43+. The van der Waals surface area contributed by atoms with Crippen LogP contribution in [0.5, 0.6) is 0 Å². The molecule has 0 amide bonds. The van der Waals surface area contributed by atoms with Crippen molar-refractivity contribution < 1.29 is 18.6 Å². The van der Waals surface area contributed by atoms with E-state index in [9.17, 15) is 14.0 Å². The third-order valence-electron chi connectivity index (χ3n) is 10.0. The third-order valence-corrected chi connectivity index (χ3v) is 10.0. The lowest BCUT2D eigenvalue weighted by Gasteiger charge is -2.23. The Hall–Kier alpha value is -6.00. The Morgan fingerprint density at radius 2 is 1.08 bits per heavy atom.